The number of benzene rings is 1. The van der Waals surface area contributed by atoms with Gasteiger partial charge in [-0.05, 0) is 43.8 Å². The molecule has 0 spiro atoms. The van der Waals surface area contributed by atoms with Gasteiger partial charge in [0.25, 0.3) is 0 Å². The minimum absolute atomic E-state index is 0.434. The fourth-order valence-corrected chi connectivity index (χ4v) is 4.46. The molecule has 1 atom stereocenters. The smallest absolute Gasteiger partial charge is 0.356 e. The van der Waals surface area contributed by atoms with Gasteiger partial charge in [0.2, 0.25) is 0 Å². The highest BCUT2D eigenvalue weighted by atomic mass is 32.2. The number of halogens is 3. The van der Waals surface area contributed by atoms with Gasteiger partial charge in [0.05, 0.1) is 6.54 Å². The van der Waals surface area contributed by atoms with Crippen molar-refractivity contribution in [2.45, 2.75) is 31.2 Å². The zero-order valence-electron chi connectivity index (χ0n) is 16.9. The lowest BCUT2D eigenvalue weighted by molar-refractivity contribution is -0.148. The number of aliphatic imine (C=N–C) groups is 1. The fourth-order valence-electron chi connectivity index (χ4n) is 3.42. The Morgan fingerprint density at radius 2 is 1.83 bits per heavy atom. The Balaban J connectivity index is 1.57. The lowest BCUT2D eigenvalue weighted by Crippen LogP contribution is -2.42. The normalized spacial score (nSPS) is 17.9. The summed E-state index contributed by atoms with van der Waals surface area (Å²) >= 11 is 0. The summed E-state index contributed by atoms with van der Waals surface area (Å²) in [5, 5.41) is 6.41. The van der Waals surface area contributed by atoms with Gasteiger partial charge >= 0.3 is 6.18 Å². The molecule has 1 fully saturated rings. The van der Waals surface area contributed by atoms with E-state index in [-0.39, 0.29) is 0 Å². The van der Waals surface area contributed by atoms with Crippen LogP contribution in [0, 0.1) is 5.92 Å². The Morgan fingerprint density at radius 1 is 1.17 bits per heavy atom. The Hall–Kier alpha value is -1.61. The molecule has 0 amide bonds. The van der Waals surface area contributed by atoms with Gasteiger partial charge in [0.15, 0.2) is 5.96 Å². The highest BCUT2D eigenvalue weighted by Crippen LogP contribution is 2.23. The van der Waals surface area contributed by atoms with Crippen LogP contribution in [0.5, 0.6) is 0 Å². The predicted molar refractivity (Wildman–Crippen MR) is 112 cm³/mol. The third kappa shape index (κ3) is 10.1. The van der Waals surface area contributed by atoms with E-state index in [2.05, 4.69) is 15.6 Å². The van der Waals surface area contributed by atoms with Crippen LogP contribution in [0.3, 0.4) is 0 Å². The molecule has 5 nitrogen and oxygen atoms in total. The molecule has 1 aliphatic heterocycles. The zero-order chi connectivity index (χ0) is 21.1. The molecule has 0 bridgehead atoms. The van der Waals surface area contributed by atoms with Gasteiger partial charge in [-0.1, -0.05) is 30.3 Å². The van der Waals surface area contributed by atoms with E-state index < -0.39 is 23.5 Å². The molecule has 1 heterocycles. The van der Waals surface area contributed by atoms with E-state index in [0.29, 0.717) is 43.0 Å². The first-order chi connectivity index (χ1) is 13.9. The quantitative estimate of drug-likeness (QED) is 0.465. The Labute approximate surface area is 173 Å². The highest BCUT2D eigenvalue weighted by molar-refractivity contribution is 7.84. The molecular weight excluding hydrogens is 401 g/mol. The average Bonchev–Trinajstić information content (AvgIpc) is 2.67. The Bertz CT molecular complexity index is 647. The highest BCUT2D eigenvalue weighted by Gasteiger charge is 2.32. The first-order valence-corrected chi connectivity index (χ1v) is 11.5. The molecule has 2 N–H and O–H groups in total. The number of guanidine groups is 1. The van der Waals surface area contributed by atoms with Crippen molar-refractivity contribution in [2.75, 3.05) is 45.5 Å². The van der Waals surface area contributed by atoms with E-state index in [1.807, 2.05) is 30.3 Å². The van der Waals surface area contributed by atoms with Crippen molar-refractivity contribution in [1.29, 1.82) is 0 Å². The van der Waals surface area contributed by atoms with E-state index in [0.717, 1.165) is 31.4 Å². The van der Waals surface area contributed by atoms with Gasteiger partial charge in [-0.25, -0.2) is 0 Å². The van der Waals surface area contributed by atoms with Crippen molar-refractivity contribution in [3.63, 3.8) is 0 Å². The van der Waals surface area contributed by atoms with Crippen LogP contribution in [0.25, 0.3) is 0 Å². The van der Waals surface area contributed by atoms with Crippen LogP contribution in [0.15, 0.2) is 35.3 Å². The molecular formula is C20H31F3N4OS. The zero-order valence-corrected chi connectivity index (χ0v) is 17.7. The predicted octanol–water partition coefficient (Wildman–Crippen LogP) is 2.76. The van der Waals surface area contributed by atoms with E-state index in [1.54, 1.807) is 7.05 Å². The van der Waals surface area contributed by atoms with E-state index >= 15 is 0 Å². The van der Waals surface area contributed by atoms with Crippen molar-refractivity contribution >= 4 is 16.8 Å². The van der Waals surface area contributed by atoms with Crippen LogP contribution >= 0.6 is 0 Å². The van der Waals surface area contributed by atoms with Gasteiger partial charge in [0, 0.05) is 42.4 Å². The first kappa shape index (κ1) is 23.7. The molecule has 29 heavy (non-hydrogen) atoms. The molecule has 1 aromatic carbocycles. The van der Waals surface area contributed by atoms with E-state index in [4.69, 9.17) is 0 Å². The molecule has 164 valence electrons. The number of nitrogens with zero attached hydrogens (tertiary/aromatic N) is 2. The first-order valence-electron chi connectivity index (χ1n) is 9.98. The monoisotopic (exact) mass is 432 g/mol. The van der Waals surface area contributed by atoms with Gasteiger partial charge in [-0.3, -0.25) is 14.1 Å². The molecule has 0 aromatic heterocycles. The maximum Gasteiger partial charge on any atom is 0.401 e. The minimum Gasteiger partial charge on any atom is -0.356 e. The lowest BCUT2D eigenvalue weighted by atomic mass is 9.93. The summed E-state index contributed by atoms with van der Waals surface area (Å²) in [6.45, 7) is 1.49. The van der Waals surface area contributed by atoms with Crippen molar-refractivity contribution in [3.05, 3.63) is 35.9 Å². The Morgan fingerprint density at radius 3 is 2.45 bits per heavy atom. The summed E-state index contributed by atoms with van der Waals surface area (Å²) in [6.07, 6.45) is -1.62. The van der Waals surface area contributed by atoms with E-state index in [9.17, 15) is 17.4 Å². The van der Waals surface area contributed by atoms with Crippen LogP contribution in [-0.2, 0) is 16.6 Å². The van der Waals surface area contributed by atoms with Crippen molar-refractivity contribution in [1.82, 2.24) is 15.5 Å². The number of nitrogens with one attached hydrogen (secondary N) is 2. The van der Waals surface area contributed by atoms with Gasteiger partial charge < -0.3 is 10.6 Å². The van der Waals surface area contributed by atoms with Crippen LogP contribution < -0.4 is 10.6 Å². The molecule has 0 saturated carbocycles. The number of hydrogen-bond donors (Lipinski definition) is 2. The standard InChI is InChI=1S/C20H31F3N4OS/c1-24-19(26-11-14-29(28)15-18-5-3-2-4-6-18)25-10-7-17-8-12-27(13-9-17)16-20(21,22)23/h2-6,17H,7-16H2,1H3,(H2,24,25,26). The SMILES string of the molecule is CN=C(NCCC1CCN(CC(F)(F)F)CC1)NCCS(=O)Cc1ccccc1. The molecule has 0 radical (unpaired) electrons. The van der Waals surface area contributed by atoms with Crippen LogP contribution in [-0.4, -0.2) is 66.8 Å². The fraction of sp³-hybridized carbons (Fsp3) is 0.650. The number of piperidine rings is 1. The van der Waals surface area contributed by atoms with Crippen molar-refractivity contribution < 1.29 is 17.4 Å². The largest absolute Gasteiger partial charge is 0.401 e. The maximum absolute atomic E-state index is 12.4. The van der Waals surface area contributed by atoms with Gasteiger partial charge in [0.1, 0.15) is 0 Å². The Kier molecular flexibility index (Phi) is 9.93. The third-order valence-electron chi connectivity index (χ3n) is 4.97. The molecule has 1 unspecified atom stereocenters. The second-order valence-corrected chi connectivity index (χ2v) is 8.90. The molecule has 1 saturated heterocycles. The second-order valence-electron chi connectivity index (χ2n) is 7.32. The molecule has 2 rings (SSSR count). The third-order valence-corrected chi connectivity index (χ3v) is 6.29. The van der Waals surface area contributed by atoms with Gasteiger partial charge in [-0.2, -0.15) is 13.2 Å². The summed E-state index contributed by atoms with van der Waals surface area (Å²) in [6, 6.07) is 9.77. The number of hydrogen-bond acceptors (Lipinski definition) is 3. The summed E-state index contributed by atoms with van der Waals surface area (Å²) in [5.74, 6) is 2.18. The topological polar surface area (TPSA) is 56.7 Å². The van der Waals surface area contributed by atoms with E-state index in [1.165, 1.54) is 4.90 Å². The molecule has 1 aliphatic rings. The molecule has 9 heteroatoms. The average molecular weight is 433 g/mol. The lowest BCUT2D eigenvalue weighted by Gasteiger charge is -2.32. The van der Waals surface area contributed by atoms with Crippen LogP contribution in [0.4, 0.5) is 13.2 Å². The minimum atomic E-state index is -4.11. The number of alkyl halides is 3. The second kappa shape index (κ2) is 12.2. The molecule has 1 aromatic rings. The van der Waals surface area contributed by atoms with Crippen LogP contribution in [0.2, 0.25) is 0 Å². The van der Waals surface area contributed by atoms with Crippen LogP contribution in [0.1, 0.15) is 24.8 Å². The van der Waals surface area contributed by atoms with Crippen molar-refractivity contribution in [2.24, 2.45) is 10.9 Å². The maximum atomic E-state index is 12.4. The van der Waals surface area contributed by atoms with Crippen molar-refractivity contribution in [3.8, 4) is 0 Å². The number of likely N-dealkylation sites (tertiary alicyclic amines) is 1. The van der Waals surface area contributed by atoms with Gasteiger partial charge in [-0.15, -0.1) is 0 Å². The summed E-state index contributed by atoms with van der Waals surface area (Å²) in [7, 11) is 0.747. The summed E-state index contributed by atoms with van der Waals surface area (Å²) < 4.78 is 49.5. The summed E-state index contributed by atoms with van der Waals surface area (Å²) in [4.78, 5) is 5.65. The number of rotatable bonds is 9. The molecule has 0 aliphatic carbocycles. The summed E-state index contributed by atoms with van der Waals surface area (Å²) in [5.41, 5.74) is 1.06.